The summed E-state index contributed by atoms with van der Waals surface area (Å²) in [5.41, 5.74) is 1.02. The van der Waals surface area contributed by atoms with Gasteiger partial charge in [0.1, 0.15) is 5.75 Å². The van der Waals surface area contributed by atoms with E-state index in [9.17, 15) is 9.90 Å². The Balaban J connectivity index is 2.60. The molecule has 1 aromatic heterocycles. The van der Waals surface area contributed by atoms with Crippen molar-refractivity contribution in [1.29, 1.82) is 0 Å². The van der Waals surface area contributed by atoms with Gasteiger partial charge in [-0.15, -0.1) is 0 Å². The zero-order valence-corrected chi connectivity index (χ0v) is 10.5. The highest BCUT2D eigenvalue weighted by Crippen LogP contribution is 2.31. The molecule has 0 fully saturated rings. The van der Waals surface area contributed by atoms with E-state index in [0.29, 0.717) is 11.3 Å². The molecule has 0 atom stereocenters. The lowest BCUT2D eigenvalue weighted by Crippen LogP contribution is -1.99. The van der Waals surface area contributed by atoms with Crippen molar-refractivity contribution in [3.8, 4) is 17.0 Å². The first-order valence-corrected chi connectivity index (χ1v) is 5.54. The first-order valence-electron chi connectivity index (χ1n) is 4.75. The third-order valence-electron chi connectivity index (χ3n) is 2.33. The number of hydrogen-bond acceptors (Lipinski definition) is 3. The maximum Gasteiger partial charge on any atom is 0.356 e. The summed E-state index contributed by atoms with van der Waals surface area (Å²) in [5.74, 6) is -1.02. The fourth-order valence-electron chi connectivity index (χ4n) is 1.54. The van der Waals surface area contributed by atoms with Crippen molar-refractivity contribution >= 4 is 21.9 Å². The molecule has 0 saturated carbocycles. The Labute approximate surface area is 105 Å². The minimum absolute atomic E-state index is 0.0538. The number of carboxylic acids is 1. The van der Waals surface area contributed by atoms with Crippen molar-refractivity contribution in [3.63, 3.8) is 0 Å². The summed E-state index contributed by atoms with van der Waals surface area (Å²) in [6.07, 6.45) is 0. The molecule has 0 aliphatic heterocycles. The summed E-state index contributed by atoms with van der Waals surface area (Å²) >= 11 is 3.30. The lowest BCUT2D eigenvalue weighted by atomic mass is 10.1. The summed E-state index contributed by atoms with van der Waals surface area (Å²) in [6.45, 7) is 0. The Morgan fingerprint density at radius 1 is 1.41 bits per heavy atom. The Morgan fingerprint density at radius 3 is 2.71 bits per heavy atom. The molecule has 2 N–H and O–H groups in total. The minimum Gasteiger partial charge on any atom is -0.507 e. The number of halogens is 1. The fraction of sp³-hybridized carbons (Fsp3) is 0.0909. The van der Waals surface area contributed by atoms with Crippen LogP contribution in [0.5, 0.6) is 5.75 Å². The van der Waals surface area contributed by atoms with E-state index in [0.717, 1.165) is 4.47 Å². The summed E-state index contributed by atoms with van der Waals surface area (Å²) in [7, 11) is 1.63. The fourth-order valence-corrected chi connectivity index (χ4v) is 1.90. The number of nitrogens with zero attached hydrogens (tertiary/aromatic N) is 2. The summed E-state index contributed by atoms with van der Waals surface area (Å²) < 4.78 is 2.22. The number of phenols is 1. The van der Waals surface area contributed by atoms with Crippen LogP contribution in [0.2, 0.25) is 0 Å². The third kappa shape index (κ3) is 2.16. The molecule has 0 aliphatic rings. The number of rotatable bonds is 2. The standard InChI is InChI=1S/C11H9BrN2O3/c1-14-9(5-8(13-14)11(16)17)7-4-6(12)2-3-10(7)15/h2-5,15H,1H3,(H,16,17). The lowest BCUT2D eigenvalue weighted by Gasteiger charge is -2.05. The number of carboxylic acid groups (broad SMARTS) is 1. The number of carbonyl (C=O) groups is 1. The quantitative estimate of drug-likeness (QED) is 0.891. The largest absolute Gasteiger partial charge is 0.507 e. The van der Waals surface area contributed by atoms with Crippen molar-refractivity contribution in [2.24, 2.45) is 7.05 Å². The molecule has 88 valence electrons. The van der Waals surface area contributed by atoms with Gasteiger partial charge in [-0.1, -0.05) is 15.9 Å². The van der Waals surface area contributed by atoms with Crippen LogP contribution >= 0.6 is 15.9 Å². The molecule has 1 heterocycles. The van der Waals surface area contributed by atoms with Crippen molar-refractivity contribution in [2.75, 3.05) is 0 Å². The maximum absolute atomic E-state index is 10.8. The number of hydrogen-bond donors (Lipinski definition) is 2. The van der Waals surface area contributed by atoms with Crippen LogP contribution in [0.15, 0.2) is 28.7 Å². The SMILES string of the molecule is Cn1nc(C(=O)O)cc1-c1cc(Br)ccc1O. The van der Waals surface area contributed by atoms with Crippen LogP contribution in [0.1, 0.15) is 10.5 Å². The number of aromatic carboxylic acids is 1. The van der Waals surface area contributed by atoms with Crippen LogP contribution in [0, 0.1) is 0 Å². The Hall–Kier alpha value is -1.82. The second kappa shape index (κ2) is 4.21. The lowest BCUT2D eigenvalue weighted by molar-refractivity contribution is 0.0689. The Bertz CT molecular complexity index is 592. The molecular weight excluding hydrogens is 288 g/mol. The van der Waals surface area contributed by atoms with Gasteiger partial charge in [0, 0.05) is 17.1 Å². The average Bonchev–Trinajstić information content (AvgIpc) is 2.64. The van der Waals surface area contributed by atoms with Crippen LogP contribution < -0.4 is 0 Å². The Morgan fingerprint density at radius 2 is 2.12 bits per heavy atom. The molecule has 0 saturated heterocycles. The first kappa shape index (κ1) is 11.7. The first-order chi connectivity index (χ1) is 7.99. The van der Waals surface area contributed by atoms with Crippen molar-refractivity contribution < 1.29 is 15.0 Å². The molecule has 6 heteroatoms. The molecule has 0 radical (unpaired) electrons. The summed E-state index contributed by atoms with van der Waals surface area (Å²) in [5, 5.41) is 22.4. The molecule has 0 bridgehead atoms. The van der Waals surface area contributed by atoms with Crippen molar-refractivity contribution in [2.45, 2.75) is 0 Å². The number of aromatic hydroxyl groups is 1. The van der Waals surface area contributed by atoms with Crippen LogP contribution in [-0.4, -0.2) is 26.0 Å². The zero-order chi connectivity index (χ0) is 12.6. The topological polar surface area (TPSA) is 75.4 Å². The van der Waals surface area contributed by atoms with E-state index >= 15 is 0 Å². The van der Waals surface area contributed by atoms with Gasteiger partial charge in [-0.3, -0.25) is 4.68 Å². The van der Waals surface area contributed by atoms with Gasteiger partial charge < -0.3 is 10.2 Å². The van der Waals surface area contributed by atoms with Gasteiger partial charge in [0.15, 0.2) is 5.69 Å². The molecule has 0 spiro atoms. The Kier molecular flexibility index (Phi) is 2.89. The molecule has 5 nitrogen and oxygen atoms in total. The normalized spacial score (nSPS) is 10.5. The second-order valence-corrected chi connectivity index (χ2v) is 4.42. The number of aromatic nitrogens is 2. The van der Waals surface area contributed by atoms with E-state index in [1.165, 1.54) is 16.8 Å². The van der Waals surface area contributed by atoms with Gasteiger partial charge in [-0.2, -0.15) is 5.10 Å². The summed E-state index contributed by atoms with van der Waals surface area (Å²) in [4.78, 5) is 10.8. The van der Waals surface area contributed by atoms with Gasteiger partial charge in [-0.05, 0) is 24.3 Å². The molecule has 2 aromatic rings. The molecule has 0 aliphatic carbocycles. The van der Waals surface area contributed by atoms with E-state index < -0.39 is 5.97 Å². The molecule has 0 unspecified atom stereocenters. The van der Waals surface area contributed by atoms with Gasteiger partial charge in [0.05, 0.1) is 5.69 Å². The smallest absolute Gasteiger partial charge is 0.356 e. The molecule has 2 rings (SSSR count). The average molecular weight is 297 g/mol. The second-order valence-electron chi connectivity index (χ2n) is 3.51. The van der Waals surface area contributed by atoms with E-state index in [1.54, 1.807) is 19.2 Å². The van der Waals surface area contributed by atoms with E-state index in [-0.39, 0.29) is 11.4 Å². The molecular formula is C11H9BrN2O3. The predicted octanol–water partition coefficient (Wildman–Crippen LogP) is 2.25. The van der Waals surface area contributed by atoms with Crippen LogP contribution in [0.4, 0.5) is 0 Å². The maximum atomic E-state index is 10.8. The van der Waals surface area contributed by atoms with Gasteiger partial charge in [-0.25, -0.2) is 4.79 Å². The highest BCUT2D eigenvalue weighted by Gasteiger charge is 2.15. The van der Waals surface area contributed by atoms with Crippen LogP contribution in [0.25, 0.3) is 11.3 Å². The van der Waals surface area contributed by atoms with Crippen LogP contribution in [0.3, 0.4) is 0 Å². The molecule has 1 aromatic carbocycles. The predicted molar refractivity (Wildman–Crippen MR) is 65.0 cm³/mol. The van der Waals surface area contributed by atoms with Gasteiger partial charge >= 0.3 is 5.97 Å². The number of aryl methyl sites for hydroxylation is 1. The van der Waals surface area contributed by atoms with Crippen LogP contribution in [-0.2, 0) is 7.05 Å². The molecule has 17 heavy (non-hydrogen) atoms. The van der Waals surface area contributed by atoms with E-state index in [2.05, 4.69) is 21.0 Å². The van der Waals surface area contributed by atoms with E-state index in [1.807, 2.05) is 0 Å². The molecule has 0 amide bonds. The van der Waals surface area contributed by atoms with Crippen molar-refractivity contribution in [3.05, 3.63) is 34.4 Å². The van der Waals surface area contributed by atoms with E-state index in [4.69, 9.17) is 5.11 Å². The zero-order valence-electron chi connectivity index (χ0n) is 8.88. The monoisotopic (exact) mass is 296 g/mol. The third-order valence-corrected chi connectivity index (χ3v) is 2.83. The number of phenolic OH excluding ortho intramolecular Hbond substituents is 1. The number of benzene rings is 1. The minimum atomic E-state index is -1.10. The summed E-state index contributed by atoms with van der Waals surface area (Å²) in [6, 6.07) is 6.36. The van der Waals surface area contributed by atoms with Gasteiger partial charge in [0.25, 0.3) is 0 Å². The van der Waals surface area contributed by atoms with Crippen molar-refractivity contribution in [1.82, 2.24) is 9.78 Å². The highest BCUT2D eigenvalue weighted by atomic mass is 79.9. The highest BCUT2D eigenvalue weighted by molar-refractivity contribution is 9.10. The van der Waals surface area contributed by atoms with Gasteiger partial charge in [0.2, 0.25) is 0 Å².